The molecule has 0 spiro atoms. The van der Waals surface area contributed by atoms with Crippen molar-refractivity contribution in [2.45, 2.75) is 25.1 Å². The molecule has 1 aromatic rings. The molecular weight excluding hydrogens is 331 g/mol. The molecule has 110 valence electrons. The lowest BCUT2D eigenvalue weighted by molar-refractivity contribution is -0.385. The summed E-state index contributed by atoms with van der Waals surface area (Å²) in [5.74, 6) is -0.854. The first-order valence-corrected chi connectivity index (χ1v) is 7.09. The van der Waals surface area contributed by atoms with Crippen LogP contribution in [-0.4, -0.2) is 22.2 Å². The fraction of sp³-hybridized carbons (Fsp3) is 0.462. The van der Waals surface area contributed by atoms with E-state index in [2.05, 4.69) is 35.1 Å². The predicted molar refractivity (Wildman–Crippen MR) is 77.6 cm³/mol. The number of nitro groups is 1. The third-order valence-electron chi connectivity index (χ3n) is 2.61. The number of alkyl halides is 1. The number of carbonyl (C=O) groups excluding carboxylic acids is 1. The molecule has 1 rings (SSSR count). The standard InChI is InChI=1S/C13H16BrFN2O3/c1-8(2)5-9(14)7-16-13(18)11-4-3-10(15)6-12(11)17(19)20/h3-4,6,8-9H,5,7H2,1-2H3,(H,16,18). The minimum atomic E-state index is -0.766. The minimum Gasteiger partial charge on any atom is -0.351 e. The summed E-state index contributed by atoms with van der Waals surface area (Å²) < 4.78 is 13.0. The average Bonchev–Trinajstić information content (AvgIpc) is 2.35. The molecule has 1 N–H and O–H groups in total. The smallest absolute Gasteiger partial charge is 0.285 e. The molecule has 0 aliphatic heterocycles. The van der Waals surface area contributed by atoms with Gasteiger partial charge in [0.2, 0.25) is 0 Å². The molecule has 1 unspecified atom stereocenters. The Bertz CT molecular complexity index is 508. The summed E-state index contributed by atoms with van der Waals surface area (Å²) in [6.45, 7) is 4.47. The van der Waals surface area contributed by atoms with Crippen LogP contribution in [0.5, 0.6) is 0 Å². The van der Waals surface area contributed by atoms with Crippen LogP contribution < -0.4 is 5.32 Å². The largest absolute Gasteiger partial charge is 0.351 e. The number of hydrogen-bond donors (Lipinski definition) is 1. The summed E-state index contributed by atoms with van der Waals surface area (Å²) >= 11 is 3.43. The Hall–Kier alpha value is -1.50. The zero-order chi connectivity index (χ0) is 15.3. The van der Waals surface area contributed by atoms with Crippen LogP contribution in [0.3, 0.4) is 0 Å². The molecule has 1 amide bonds. The SMILES string of the molecule is CC(C)CC(Br)CNC(=O)c1ccc(F)cc1[N+](=O)[O-]. The zero-order valence-corrected chi connectivity index (χ0v) is 12.8. The van der Waals surface area contributed by atoms with Crippen LogP contribution in [-0.2, 0) is 0 Å². The lowest BCUT2D eigenvalue weighted by atomic mass is 10.1. The molecule has 20 heavy (non-hydrogen) atoms. The first kappa shape index (κ1) is 16.6. The van der Waals surface area contributed by atoms with Gasteiger partial charge in [0, 0.05) is 11.4 Å². The number of nitro benzene ring substituents is 1. The Labute approximate surface area is 124 Å². The van der Waals surface area contributed by atoms with E-state index in [0.717, 1.165) is 24.6 Å². The summed E-state index contributed by atoms with van der Waals surface area (Å²) in [5, 5.41) is 13.4. The second-order valence-corrected chi connectivity index (χ2v) is 6.15. The molecule has 1 aromatic carbocycles. The summed E-state index contributed by atoms with van der Waals surface area (Å²) in [7, 11) is 0. The number of carbonyl (C=O) groups is 1. The molecule has 0 aromatic heterocycles. The summed E-state index contributed by atoms with van der Waals surface area (Å²) in [6, 6.07) is 2.89. The Kier molecular flexibility index (Phi) is 6.06. The lowest BCUT2D eigenvalue weighted by Crippen LogP contribution is -2.30. The van der Waals surface area contributed by atoms with Gasteiger partial charge in [0.15, 0.2) is 0 Å². The highest BCUT2D eigenvalue weighted by atomic mass is 79.9. The highest BCUT2D eigenvalue weighted by molar-refractivity contribution is 9.09. The Balaban J connectivity index is 2.75. The van der Waals surface area contributed by atoms with E-state index >= 15 is 0 Å². The third kappa shape index (κ3) is 4.88. The van der Waals surface area contributed by atoms with Gasteiger partial charge in [-0.15, -0.1) is 0 Å². The molecule has 7 heteroatoms. The molecule has 0 radical (unpaired) electrons. The maximum atomic E-state index is 13.0. The van der Waals surface area contributed by atoms with Gasteiger partial charge in [0.1, 0.15) is 11.4 Å². The van der Waals surface area contributed by atoms with E-state index in [9.17, 15) is 19.3 Å². The summed E-state index contributed by atoms with van der Waals surface area (Å²) in [4.78, 5) is 22.0. The average molecular weight is 347 g/mol. The van der Waals surface area contributed by atoms with E-state index in [1.54, 1.807) is 0 Å². The van der Waals surface area contributed by atoms with Crippen molar-refractivity contribution in [3.8, 4) is 0 Å². The maximum absolute atomic E-state index is 13.0. The topological polar surface area (TPSA) is 72.2 Å². The van der Waals surface area contributed by atoms with Gasteiger partial charge in [-0.3, -0.25) is 14.9 Å². The van der Waals surface area contributed by atoms with Gasteiger partial charge >= 0.3 is 0 Å². The van der Waals surface area contributed by atoms with E-state index < -0.39 is 22.3 Å². The van der Waals surface area contributed by atoms with E-state index in [1.165, 1.54) is 0 Å². The van der Waals surface area contributed by atoms with Gasteiger partial charge in [-0.2, -0.15) is 0 Å². The number of amides is 1. The zero-order valence-electron chi connectivity index (χ0n) is 11.2. The lowest BCUT2D eigenvalue weighted by Gasteiger charge is -2.13. The van der Waals surface area contributed by atoms with Crippen molar-refractivity contribution < 1.29 is 14.1 Å². The minimum absolute atomic E-state index is 0.0888. The van der Waals surface area contributed by atoms with Crippen molar-refractivity contribution in [3.63, 3.8) is 0 Å². The highest BCUT2D eigenvalue weighted by Crippen LogP contribution is 2.20. The fourth-order valence-corrected chi connectivity index (χ4v) is 2.65. The normalized spacial score (nSPS) is 12.2. The number of halogens is 2. The molecule has 0 aliphatic carbocycles. The molecule has 1 atom stereocenters. The van der Waals surface area contributed by atoms with Gasteiger partial charge in [-0.05, 0) is 24.5 Å². The highest BCUT2D eigenvalue weighted by Gasteiger charge is 2.21. The number of benzene rings is 1. The second kappa shape index (κ2) is 7.33. The summed E-state index contributed by atoms with van der Waals surface area (Å²) in [6.07, 6.45) is 0.867. The third-order valence-corrected chi connectivity index (χ3v) is 3.31. The van der Waals surface area contributed by atoms with Crippen LogP contribution in [0.15, 0.2) is 18.2 Å². The van der Waals surface area contributed by atoms with Crippen molar-refractivity contribution >= 4 is 27.5 Å². The molecule has 0 saturated heterocycles. The van der Waals surface area contributed by atoms with E-state index in [-0.39, 0.29) is 10.4 Å². The molecule has 0 fully saturated rings. The molecule has 0 heterocycles. The molecular formula is C13H16BrFN2O3. The number of rotatable bonds is 6. The Morgan fingerprint density at radius 3 is 2.70 bits per heavy atom. The van der Waals surface area contributed by atoms with Gasteiger partial charge in [-0.1, -0.05) is 29.8 Å². The molecule has 0 aliphatic rings. The van der Waals surface area contributed by atoms with Gasteiger partial charge in [0.05, 0.1) is 11.0 Å². The first-order valence-electron chi connectivity index (χ1n) is 6.17. The van der Waals surface area contributed by atoms with Crippen molar-refractivity contribution in [3.05, 3.63) is 39.7 Å². The molecule has 5 nitrogen and oxygen atoms in total. The number of nitrogens with zero attached hydrogens (tertiary/aromatic N) is 1. The Morgan fingerprint density at radius 2 is 2.15 bits per heavy atom. The number of nitrogens with one attached hydrogen (secondary N) is 1. The quantitative estimate of drug-likeness (QED) is 0.488. The summed E-state index contributed by atoms with van der Waals surface area (Å²) in [5.41, 5.74) is -0.668. The van der Waals surface area contributed by atoms with Gasteiger partial charge in [-0.25, -0.2) is 4.39 Å². The van der Waals surface area contributed by atoms with Crippen LogP contribution in [0.2, 0.25) is 0 Å². The van der Waals surface area contributed by atoms with E-state index in [4.69, 9.17) is 0 Å². The molecule has 0 saturated carbocycles. The van der Waals surface area contributed by atoms with Crippen molar-refractivity contribution in [1.29, 1.82) is 0 Å². The van der Waals surface area contributed by atoms with E-state index in [1.807, 2.05) is 0 Å². The van der Waals surface area contributed by atoms with Crippen LogP contribution in [0.4, 0.5) is 10.1 Å². The van der Waals surface area contributed by atoms with Gasteiger partial charge in [0.25, 0.3) is 11.6 Å². The van der Waals surface area contributed by atoms with Crippen LogP contribution >= 0.6 is 15.9 Å². The molecule has 0 bridgehead atoms. The van der Waals surface area contributed by atoms with Crippen molar-refractivity contribution in [1.82, 2.24) is 5.32 Å². The monoisotopic (exact) mass is 346 g/mol. The van der Waals surface area contributed by atoms with Gasteiger partial charge < -0.3 is 5.32 Å². The van der Waals surface area contributed by atoms with Crippen LogP contribution in [0.25, 0.3) is 0 Å². The Morgan fingerprint density at radius 1 is 1.50 bits per heavy atom. The van der Waals surface area contributed by atoms with E-state index in [0.29, 0.717) is 12.5 Å². The van der Waals surface area contributed by atoms with Crippen molar-refractivity contribution in [2.75, 3.05) is 6.54 Å². The first-order chi connectivity index (χ1) is 9.31. The predicted octanol–water partition coefficient (Wildman–Crippen LogP) is 3.27. The van der Waals surface area contributed by atoms with Crippen molar-refractivity contribution in [2.24, 2.45) is 5.92 Å². The number of hydrogen-bond acceptors (Lipinski definition) is 3. The van der Waals surface area contributed by atoms with Crippen LogP contribution in [0.1, 0.15) is 30.6 Å². The maximum Gasteiger partial charge on any atom is 0.285 e. The fourth-order valence-electron chi connectivity index (χ4n) is 1.74. The van der Waals surface area contributed by atoms with Crippen LogP contribution in [0, 0.1) is 21.8 Å². The second-order valence-electron chi connectivity index (χ2n) is 4.86.